The lowest BCUT2D eigenvalue weighted by atomic mass is 10.0. The summed E-state index contributed by atoms with van der Waals surface area (Å²) in [4.78, 5) is 16.1. The van der Waals surface area contributed by atoms with Crippen molar-refractivity contribution in [1.82, 2.24) is 15.6 Å². The number of hydrogen-bond acceptors (Lipinski definition) is 3. The number of pyridine rings is 1. The van der Waals surface area contributed by atoms with E-state index in [-0.39, 0.29) is 5.91 Å². The minimum absolute atomic E-state index is 0.136. The summed E-state index contributed by atoms with van der Waals surface area (Å²) in [6.07, 6.45) is 4.46. The summed E-state index contributed by atoms with van der Waals surface area (Å²) in [5.41, 5.74) is 2.19. The molecule has 18 heavy (non-hydrogen) atoms. The van der Waals surface area contributed by atoms with Crippen LogP contribution in [0.1, 0.15) is 31.0 Å². The van der Waals surface area contributed by atoms with Crippen molar-refractivity contribution in [3.63, 3.8) is 0 Å². The predicted molar refractivity (Wildman–Crippen MR) is 71.1 cm³/mol. The van der Waals surface area contributed by atoms with Crippen LogP contribution in [-0.2, 0) is 17.8 Å². The van der Waals surface area contributed by atoms with E-state index < -0.39 is 0 Å². The second kappa shape index (κ2) is 6.50. The first-order chi connectivity index (χ1) is 8.79. The fourth-order valence-corrected chi connectivity index (χ4v) is 2.36. The first kappa shape index (κ1) is 13.0. The van der Waals surface area contributed by atoms with Crippen molar-refractivity contribution >= 4 is 5.91 Å². The number of nitrogens with zero attached hydrogens (tertiary/aromatic N) is 1. The maximum Gasteiger partial charge on any atom is 0.220 e. The first-order valence-corrected chi connectivity index (χ1v) is 6.69. The average molecular weight is 247 g/mol. The molecule has 4 nitrogen and oxygen atoms in total. The maximum absolute atomic E-state index is 11.8. The number of aromatic nitrogens is 1. The van der Waals surface area contributed by atoms with Crippen LogP contribution in [0.25, 0.3) is 0 Å². The van der Waals surface area contributed by atoms with Crippen LogP contribution in [0.3, 0.4) is 0 Å². The Morgan fingerprint density at radius 2 is 2.50 bits per heavy atom. The molecule has 0 aromatic carbocycles. The lowest BCUT2D eigenvalue weighted by Gasteiger charge is -2.10. The molecule has 1 aromatic heterocycles. The molecule has 2 heterocycles. The average Bonchev–Trinajstić information content (AvgIpc) is 2.89. The Kier molecular flexibility index (Phi) is 4.70. The van der Waals surface area contributed by atoms with Gasteiger partial charge in [-0.25, -0.2) is 0 Å². The number of carbonyl (C=O) groups is 1. The Balaban J connectivity index is 1.81. The zero-order valence-electron chi connectivity index (χ0n) is 10.9. The van der Waals surface area contributed by atoms with Gasteiger partial charge in [0, 0.05) is 12.6 Å². The fourth-order valence-electron chi connectivity index (χ4n) is 2.36. The molecule has 2 rings (SSSR count). The molecule has 98 valence electrons. The summed E-state index contributed by atoms with van der Waals surface area (Å²) >= 11 is 0. The van der Waals surface area contributed by atoms with Gasteiger partial charge in [0.1, 0.15) is 0 Å². The molecule has 0 radical (unpaired) electrons. The molecule has 0 spiro atoms. The van der Waals surface area contributed by atoms with E-state index in [1.165, 1.54) is 5.56 Å². The first-order valence-electron chi connectivity index (χ1n) is 6.69. The van der Waals surface area contributed by atoms with E-state index in [0.717, 1.165) is 31.6 Å². The number of nitrogens with one attached hydrogen (secondary N) is 2. The summed E-state index contributed by atoms with van der Waals surface area (Å²) in [5.74, 6) is 0.635. The molecule has 1 fully saturated rings. The van der Waals surface area contributed by atoms with Gasteiger partial charge in [0.2, 0.25) is 5.91 Å². The second-order valence-electron chi connectivity index (χ2n) is 4.80. The van der Waals surface area contributed by atoms with Crippen LogP contribution in [0.5, 0.6) is 0 Å². The Morgan fingerprint density at radius 3 is 3.22 bits per heavy atom. The molecule has 0 bridgehead atoms. The number of hydrogen-bond donors (Lipinski definition) is 2. The standard InChI is InChI=1S/C14H21N3O/c1-2-12-4-3-6-16-13(12)10-17-14(18)8-11-5-7-15-9-11/h3-4,6,11,15H,2,5,7-10H2,1H3,(H,17,18). The van der Waals surface area contributed by atoms with Crippen molar-refractivity contribution in [2.75, 3.05) is 13.1 Å². The molecule has 4 heteroatoms. The third-order valence-electron chi connectivity index (χ3n) is 3.45. The van der Waals surface area contributed by atoms with E-state index in [9.17, 15) is 4.79 Å². The zero-order valence-corrected chi connectivity index (χ0v) is 10.9. The highest BCUT2D eigenvalue weighted by molar-refractivity contribution is 5.76. The highest BCUT2D eigenvalue weighted by atomic mass is 16.1. The van der Waals surface area contributed by atoms with E-state index in [2.05, 4.69) is 28.6 Å². The third kappa shape index (κ3) is 3.53. The topological polar surface area (TPSA) is 54.0 Å². The third-order valence-corrected chi connectivity index (χ3v) is 3.45. The highest BCUT2D eigenvalue weighted by Crippen LogP contribution is 2.12. The Hall–Kier alpha value is -1.42. The monoisotopic (exact) mass is 247 g/mol. The van der Waals surface area contributed by atoms with Crippen molar-refractivity contribution in [2.45, 2.75) is 32.7 Å². The van der Waals surface area contributed by atoms with Gasteiger partial charge < -0.3 is 10.6 Å². The highest BCUT2D eigenvalue weighted by Gasteiger charge is 2.17. The van der Waals surface area contributed by atoms with Crippen LogP contribution in [0.15, 0.2) is 18.3 Å². The van der Waals surface area contributed by atoms with Crippen LogP contribution in [-0.4, -0.2) is 24.0 Å². The van der Waals surface area contributed by atoms with Crippen LogP contribution in [0.4, 0.5) is 0 Å². The molecule has 1 amide bonds. The van der Waals surface area contributed by atoms with Crippen molar-refractivity contribution in [1.29, 1.82) is 0 Å². The van der Waals surface area contributed by atoms with Gasteiger partial charge in [0.15, 0.2) is 0 Å². The molecular weight excluding hydrogens is 226 g/mol. The molecule has 2 N–H and O–H groups in total. The molecule has 0 aliphatic carbocycles. The quantitative estimate of drug-likeness (QED) is 0.823. The lowest BCUT2D eigenvalue weighted by molar-refractivity contribution is -0.122. The predicted octanol–water partition coefficient (Wildman–Crippen LogP) is 1.26. The summed E-state index contributed by atoms with van der Waals surface area (Å²) < 4.78 is 0. The van der Waals surface area contributed by atoms with Gasteiger partial charge in [0.05, 0.1) is 12.2 Å². The Bertz CT molecular complexity index is 400. The van der Waals surface area contributed by atoms with Gasteiger partial charge in [-0.15, -0.1) is 0 Å². The fraction of sp³-hybridized carbons (Fsp3) is 0.571. The summed E-state index contributed by atoms with van der Waals surface area (Å²) in [7, 11) is 0. The molecule has 1 aliphatic rings. The molecule has 1 saturated heterocycles. The van der Waals surface area contributed by atoms with Crippen molar-refractivity contribution in [3.8, 4) is 0 Å². The van der Waals surface area contributed by atoms with Crippen molar-refractivity contribution in [3.05, 3.63) is 29.6 Å². The van der Waals surface area contributed by atoms with Gasteiger partial charge in [-0.3, -0.25) is 9.78 Å². The number of carbonyl (C=O) groups excluding carboxylic acids is 1. The summed E-state index contributed by atoms with van der Waals surface area (Å²) in [6.45, 7) is 4.66. The van der Waals surface area contributed by atoms with Gasteiger partial charge in [-0.1, -0.05) is 13.0 Å². The molecule has 1 unspecified atom stereocenters. The second-order valence-corrected chi connectivity index (χ2v) is 4.80. The summed E-state index contributed by atoms with van der Waals surface area (Å²) in [6, 6.07) is 4.00. The smallest absolute Gasteiger partial charge is 0.220 e. The van der Waals surface area contributed by atoms with E-state index in [1.807, 2.05) is 6.07 Å². The van der Waals surface area contributed by atoms with Crippen LogP contribution < -0.4 is 10.6 Å². The Morgan fingerprint density at radius 1 is 1.61 bits per heavy atom. The normalized spacial score (nSPS) is 18.8. The van der Waals surface area contributed by atoms with E-state index in [0.29, 0.717) is 18.9 Å². The van der Waals surface area contributed by atoms with E-state index >= 15 is 0 Å². The van der Waals surface area contributed by atoms with Gasteiger partial charge in [0.25, 0.3) is 0 Å². The van der Waals surface area contributed by atoms with Crippen molar-refractivity contribution < 1.29 is 4.79 Å². The lowest BCUT2D eigenvalue weighted by Crippen LogP contribution is -2.26. The molecule has 1 aliphatic heterocycles. The van der Waals surface area contributed by atoms with Crippen LogP contribution >= 0.6 is 0 Å². The minimum atomic E-state index is 0.136. The largest absolute Gasteiger partial charge is 0.350 e. The van der Waals surface area contributed by atoms with Crippen LogP contribution in [0.2, 0.25) is 0 Å². The van der Waals surface area contributed by atoms with E-state index in [1.54, 1.807) is 6.20 Å². The molecule has 1 atom stereocenters. The number of aryl methyl sites for hydroxylation is 1. The van der Waals surface area contributed by atoms with Gasteiger partial charge in [-0.2, -0.15) is 0 Å². The Labute approximate surface area is 108 Å². The van der Waals surface area contributed by atoms with Crippen molar-refractivity contribution in [2.24, 2.45) is 5.92 Å². The zero-order chi connectivity index (χ0) is 12.8. The SMILES string of the molecule is CCc1cccnc1CNC(=O)CC1CCNC1. The maximum atomic E-state index is 11.8. The number of amides is 1. The molecular formula is C14H21N3O. The van der Waals surface area contributed by atoms with Crippen LogP contribution in [0, 0.1) is 5.92 Å². The molecule has 1 aromatic rings. The van der Waals surface area contributed by atoms with Gasteiger partial charge >= 0.3 is 0 Å². The van der Waals surface area contributed by atoms with Gasteiger partial charge in [-0.05, 0) is 43.5 Å². The summed E-state index contributed by atoms with van der Waals surface area (Å²) in [5, 5.41) is 6.25. The van der Waals surface area contributed by atoms with E-state index in [4.69, 9.17) is 0 Å². The number of rotatable bonds is 5. The molecule has 0 saturated carbocycles. The minimum Gasteiger partial charge on any atom is -0.350 e.